The summed E-state index contributed by atoms with van der Waals surface area (Å²) in [6, 6.07) is 1.27. The first-order chi connectivity index (χ1) is 11.8. The number of piperidine rings is 1. The summed E-state index contributed by atoms with van der Waals surface area (Å²) in [6.45, 7) is 7.21. The maximum absolute atomic E-state index is 6.39. The molecule has 0 bridgehead atoms. The summed E-state index contributed by atoms with van der Waals surface area (Å²) < 4.78 is 18.0. The van der Waals surface area contributed by atoms with Crippen LogP contribution in [0.15, 0.2) is 0 Å². The molecule has 0 radical (unpaired) electrons. The molecule has 4 rings (SSSR count). The first-order valence-corrected chi connectivity index (χ1v) is 10.0. The second-order valence-corrected chi connectivity index (χ2v) is 8.27. The smallest absolute Gasteiger partial charge is 0.0813 e. The van der Waals surface area contributed by atoms with E-state index in [1.807, 2.05) is 0 Å². The zero-order valence-electron chi connectivity index (χ0n) is 15.2. The predicted molar refractivity (Wildman–Crippen MR) is 93.3 cm³/mol. The van der Waals surface area contributed by atoms with E-state index in [4.69, 9.17) is 14.2 Å². The molecule has 5 nitrogen and oxygen atoms in total. The molecule has 1 unspecified atom stereocenters. The van der Waals surface area contributed by atoms with Crippen LogP contribution < -0.4 is 0 Å². The zero-order chi connectivity index (χ0) is 16.4. The molecular weight excluding hydrogens is 304 g/mol. The van der Waals surface area contributed by atoms with Gasteiger partial charge in [-0.25, -0.2) is 0 Å². The number of likely N-dealkylation sites (tertiary alicyclic amines) is 2. The van der Waals surface area contributed by atoms with Gasteiger partial charge in [0, 0.05) is 31.8 Å². The van der Waals surface area contributed by atoms with Gasteiger partial charge in [-0.3, -0.25) is 4.90 Å². The summed E-state index contributed by atoms with van der Waals surface area (Å²) in [4.78, 5) is 5.09. The van der Waals surface area contributed by atoms with Crippen LogP contribution in [0, 0.1) is 5.92 Å². The van der Waals surface area contributed by atoms with Crippen molar-refractivity contribution in [3.05, 3.63) is 0 Å². The number of nitrogens with zero attached hydrogens (tertiary/aromatic N) is 2. The topological polar surface area (TPSA) is 34.2 Å². The van der Waals surface area contributed by atoms with Gasteiger partial charge < -0.3 is 19.1 Å². The number of fused-ring (bicyclic) bond motifs is 1. The van der Waals surface area contributed by atoms with Crippen molar-refractivity contribution in [2.45, 2.75) is 62.8 Å². The van der Waals surface area contributed by atoms with E-state index < -0.39 is 0 Å². The number of rotatable bonds is 5. The monoisotopic (exact) mass is 338 g/mol. The van der Waals surface area contributed by atoms with E-state index in [0.717, 1.165) is 38.8 Å². The summed E-state index contributed by atoms with van der Waals surface area (Å²) >= 11 is 0. The Morgan fingerprint density at radius 2 is 1.83 bits per heavy atom. The molecule has 0 aliphatic carbocycles. The van der Waals surface area contributed by atoms with Crippen LogP contribution in [-0.2, 0) is 14.2 Å². The SMILES string of the molecule is CN1CCC(COC[C@@H]2CC[C@@H]3[C@@H](CCN3C3CCOC3)O2)CC1. The van der Waals surface area contributed by atoms with E-state index >= 15 is 0 Å². The molecule has 0 aromatic carbocycles. The highest BCUT2D eigenvalue weighted by Gasteiger charge is 2.43. The Labute approximate surface area is 146 Å². The Kier molecular flexibility index (Phi) is 5.74. The Morgan fingerprint density at radius 3 is 2.62 bits per heavy atom. The fourth-order valence-electron chi connectivity index (χ4n) is 4.98. The number of ether oxygens (including phenoxy) is 3. The second-order valence-electron chi connectivity index (χ2n) is 8.27. The summed E-state index contributed by atoms with van der Waals surface area (Å²) in [5.41, 5.74) is 0. The van der Waals surface area contributed by atoms with Crippen LogP contribution in [0.1, 0.15) is 38.5 Å². The highest BCUT2D eigenvalue weighted by molar-refractivity contribution is 4.96. The van der Waals surface area contributed by atoms with Gasteiger partial charge in [-0.1, -0.05) is 0 Å². The minimum absolute atomic E-state index is 0.317. The normalized spacial score (nSPS) is 39.4. The van der Waals surface area contributed by atoms with Gasteiger partial charge >= 0.3 is 0 Å². The van der Waals surface area contributed by atoms with Gasteiger partial charge in [0.25, 0.3) is 0 Å². The fraction of sp³-hybridized carbons (Fsp3) is 1.00. The van der Waals surface area contributed by atoms with Crippen molar-refractivity contribution in [3.8, 4) is 0 Å². The summed E-state index contributed by atoms with van der Waals surface area (Å²) in [5.74, 6) is 0.752. The van der Waals surface area contributed by atoms with Crippen molar-refractivity contribution in [2.75, 3.05) is 53.1 Å². The lowest BCUT2D eigenvalue weighted by atomic mass is 9.97. The lowest BCUT2D eigenvalue weighted by Gasteiger charge is -2.38. The zero-order valence-corrected chi connectivity index (χ0v) is 15.2. The standard InChI is InChI=1S/C19H34N2O3/c1-20-8-4-15(5-9-20)12-23-14-17-2-3-18-19(24-17)6-10-21(18)16-7-11-22-13-16/h15-19H,2-14H2,1H3/t16?,17-,18+,19+/m0/s1. The highest BCUT2D eigenvalue weighted by Crippen LogP contribution is 2.34. The molecule has 24 heavy (non-hydrogen) atoms. The quantitative estimate of drug-likeness (QED) is 0.763. The van der Waals surface area contributed by atoms with Crippen LogP contribution in [0.3, 0.4) is 0 Å². The molecule has 4 heterocycles. The molecule has 0 N–H and O–H groups in total. The lowest BCUT2D eigenvalue weighted by molar-refractivity contribution is -0.106. The molecule has 4 saturated heterocycles. The third-order valence-electron chi connectivity index (χ3n) is 6.55. The van der Waals surface area contributed by atoms with E-state index in [9.17, 15) is 0 Å². The maximum Gasteiger partial charge on any atom is 0.0813 e. The summed E-state index contributed by atoms with van der Waals surface area (Å²) in [5, 5.41) is 0. The highest BCUT2D eigenvalue weighted by atomic mass is 16.5. The number of hydrogen-bond donors (Lipinski definition) is 0. The van der Waals surface area contributed by atoms with Gasteiger partial charge in [0.2, 0.25) is 0 Å². The van der Waals surface area contributed by atoms with Crippen LogP contribution in [-0.4, -0.2) is 87.2 Å². The van der Waals surface area contributed by atoms with Crippen LogP contribution in [0.5, 0.6) is 0 Å². The first kappa shape index (κ1) is 17.2. The van der Waals surface area contributed by atoms with Crippen molar-refractivity contribution < 1.29 is 14.2 Å². The molecule has 4 aliphatic heterocycles. The van der Waals surface area contributed by atoms with Gasteiger partial charge in [-0.05, 0) is 64.6 Å². The molecule has 0 aromatic heterocycles. The van der Waals surface area contributed by atoms with E-state index in [0.29, 0.717) is 24.3 Å². The van der Waals surface area contributed by atoms with Crippen LogP contribution in [0.4, 0.5) is 0 Å². The Morgan fingerprint density at radius 1 is 0.958 bits per heavy atom. The van der Waals surface area contributed by atoms with E-state index in [1.54, 1.807) is 0 Å². The van der Waals surface area contributed by atoms with Gasteiger partial charge in [-0.2, -0.15) is 0 Å². The first-order valence-electron chi connectivity index (χ1n) is 10.0. The van der Waals surface area contributed by atoms with Crippen molar-refractivity contribution >= 4 is 0 Å². The molecule has 0 saturated carbocycles. The minimum atomic E-state index is 0.317. The molecule has 138 valence electrons. The third kappa shape index (κ3) is 3.96. The van der Waals surface area contributed by atoms with E-state index in [-0.39, 0.29) is 0 Å². The van der Waals surface area contributed by atoms with Crippen LogP contribution in [0.2, 0.25) is 0 Å². The Bertz CT molecular complexity index is 394. The van der Waals surface area contributed by atoms with E-state index in [1.165, 1.54) is 51.7 Å². The van der Waals surface area contributed by atoms with E-state index in [2.05, 4.69) is 16.8 Å². The van der Waals surface area contributed by atoms with Gasteiger partial charge in [-0.15, -0.1) is 0 Å². The molecular formula is C19H34N2O3. The maximum atomic E-state index is 6.39. The van der Waals surface area contributed by atoms with Gasteiger partial charge in [0.05, 0.1) is 25.4 Å². The van der Waals surface area contributed by atoms with Gasteiger partial charge in [0.1, 0.15) is 0 Å². The third-order valence-corrected chi connectivity index (χ3v) is 6.55. The van der Waals surface area contributed by atoms with Crippen molar-refractivity contribution in [1.82, 2.24) is 9.80 Å². The van der Waals surface area contributed by atoms with Crippen molar-refractivity contribution in [1.29, 1.82) is 0 Å². The van der Waals surface area contributed by atoms with Gasteiger partial charge in [0.15, 0.2) is 0 Å². The van der Waals surface area contributed by atoms with Crippen molar-refractivity contribution in [3.63, 3.8) is 0 Å². The predicted octanol–water partition coefficient (Wildman–Crippen LogP) is 1.76. The molecule has 0 aromatic rings. The number of hydrogen-bond acceptors (Lipinski definition) is 5. The second kappa shape index (κ2) is 8.00. The fourth-order valence-corrected chi connectivity index (χ4v) is 4.98. The largest absolute Gasteiger partial charge is 0.380 e. The average Bonchev–Trinajstić information content (AvgIpc) is 3.25. The summed E-state index contributed by atoms with van der Waals surface area (Å²) in [6.07, 6.45) is 8.12. The summed E-state index contributed by atoms with van der Waals surface area (Å²) in [7, 11) is 2.21. The average molecular weight is 338 g/mol. The molecule has 0 spiro atoms. The Balaban J connectivity index is 1.17. The van der Waals surface area contributed by atoms with Crippen LogP contribution >= 0.6 is 0 Å². The Hall–Kier alpha value is -0.200. The molecule has 4 fully saturated rings. The molecule has 4 aliphatic rings. The van der Waals surface area contributed by atoms with Crippen LogP contribution in [0.25, 0.3) is 0 Å². The molecule has 4 atom stereocenters. The molecule has 0 amide bonds. The van der Waals surface area contributed by atoms with Crippen molar-refractivity contribution in [2.24, 2.45) is 5.92 Å². The lowest BCUT2D eigenvalue weighted by Crippen LogP contribution is -2.47. The minimum Gasteiger partial charge on any atom is -0.380 e. The molecule has 5 heteroatoms.